The normalized spacial score (nSPS) is 14.0. The first-order valence-corrected chi connectivity index (χ1v) is 15.6. The fraction of sp³-hybridized carbons (Fsp3) is 0.375. The third-order valence-electron chi connectivity index (χ3n) is 7.51. The molecule has 0 aromatic heterocycles. The first-order valence-electron chi connectivity index (χ1n) is 14.2. The minimum Gasteiger partial charge on any atom is -0.497 e. The molecule has 9 nitrogen and oxygen atoms in total. The quantitative estimate of drug-likeness (QED) is 0.308. The number of hydrogen-bond acceptors (Lipinski definition) is 6. The van der Waals surface area contributed by atoms with Crippen molar-refractivity contribution in [3.8, 4) is 11.5 Å². The van der Waals surface area contributed by atoms with Crippen molar-refractivity contribution in [3.05, 3.63) is 90.0 Å². The van der Waals surface area contributed by atoms with Crippen molar-refractivity contribution in [2.45, 2.75) is 43.7 Å². The van der Waals surface area contributed by atoms with Gasteiger partial charge in [-0.15, -0.1) is 0 Å². The number of rotatable bonds is 12. The number of methoxy groups -OCH3 is 2. The van der Waals surface area contributed by atoms with E-state index < -0.39 is 10.0 Å². The van der Waals surface area contributed by atoms with Crippen molar-refractivity contribution < 1.29 is 27.5 Å². The third kappa shape index (κ3) is 7.49. The fourth-order valence-electron chi connectivity index (χ4n) is 5.18. The molecule has 0 unspecified atom stereocenters. The first kappa shape index (κ1) is 31.1. The monoisotopic (exact) mass is 593 g/mol. The Balaban J connectivity index is 1.53. The van der Waals surface area contributed by atoms with Gasteiger partial charge in [0.05, 0.1) is 25.7 Å². The van der Waals surface area contributed by atoms with Crippen LogP contribution in [0.3, 0.4) is 0 Å². The van der Waals surface area contributed by atoms with Gasteiger partial charge in [0.25, 0.3) is 5.91 Å². The Morgan fingerprint density at radius 1 is 0.881 bits per heavy atom. The highest BCUT2D eigenvalue weighted by molar-refractivity contribution is 7.89. The van der Waals surface area contributed by atoms with Gasteiger partial charge < -0.3 is 19.3 Å². The lowest BCUT2D eigenvalue weighted by Gasteiger charge is -2.39. The number of piperidine rings is 1. The van der Waals surface area contributed by atoms with E-state index in [-0.39, 0.29) is 35.8 Å². The van der Waals surface area contributed by atoms with Gasteiger partial charge in [0, 0.05) is 37.8 Å². The summed E-state index contributed by atoms with van der Waals surface area (Å²) in [7, 11) is -0.691. The van der Waals surface area contributed by atoms with Gasteiger partial charge >= 0.3 is 0 Å². The predicted octanol–water partition coefficient (Wildman–Crippen LogP) is 4.44. The molecular weight excluding hydrogens is 554 g/mol. The maximum absolute atomic E-state index is 13.9. The lowest BCUT2D eigenvalue weighted by Crippen LogP contribution is -2.51. The van der Waals surface area contributed by atoms with Gasteiger partial charge in [-0.1, -0.05) is 43.3 Å². The Hall–Kier alpha value is -3.89. The molecule has 0 radical (unpaired) electrons. The number of carbonyl (C=O) groups is 2. The molecule has 42 heavy (non-hydrogen) atoms. The van der Waals surface area contributed by atoms with E-state index in [0.717, 1.165) is 5.56 Å². The summed E-state index contributed by atoms with van der Waals surface area (Å²) in [5.74, 6) is 0.984. The average Bonchev–Trinajstić information content (AvgIpc) is 3.03. The summed E-state index contributed by atoms with van der Waals surface area (Å²) < 4.78 is 38.8. The minimum absolute atomic E-state index is 0.0801. The lowest BCUT2D eigenvalue weighted by molar-refractivity contribution is -0.135. The minimum atomic E-state index is -3.85. The van der Waals surface area contributed by atoms with E-state index in [9.17, 15) is 18.0 Å². The molecule has 0 bridgehead atoms. The van der Waals surface area contributed by atoms with Crippen molar-refractivity contribution in [3.63, 3.8) is 0 Å². The van der Waals surface area contributed by atoms with Crippen molar-refractivity contribution >= 4 is 21.8 Å². The Bertz CT molecular complexity index is 1440. The molecule has 0 spiro atoms. The van der Waals surface area contributed by atoms with Crippen LogP contribution in [-0.4, -0.2) is 80.8 Å². The number of benzene rings is 3. The highest BCUT2D eigenvalue weighted by Crippen LogP contribution is 2.24. The molecule has 224 valence electrons. The molecule has 1 aliphatic heterocycles. The number of ether oxygens (including phenoxy) is 2. The van der Waals surface area contributed by atoms with Crippen molar-refractivity contribution in [1.82, 2.24) is 14.1 Å². The molecule has 0 saturated carbocycles. The number of sulfonamides is 1. The molecule has 1 aliphatic rings. The zero-order chi connectivity index (χ0) is 30.1. The molecule has 2 amide bonds. The van der Waals surface area contributed by atoms with Crippen LogP contribution in [-0.2, 0) is 21.4 Å². The van der Waals surface area contributed by atoms with Gasteiger partial charge in [0.15, 0.2) is 0 Å². The molecule has 0 N–H and O–H groups in total. The fourth-order valence-corrected chi connectivity index (χ4v) is 6.69. The standard InChI is InChI=1S/C32H39N3O6S/c1-4-19-34(42(38,39)30-11-6-5-7-12-30)24-31(36)35(23-25-13-15-28(40-2)16-14-25)27-17-20-33(21-18-27)32(37)26-9-8-10-29(22-26)41-3/h5-16,22,27H,4,17-21,23-24H2,1-3H3. The maximum atomic E-state index is 13.9. The van der Waals surface area contributed by atoms with Crippen LogP contribution >= 0.6 is 0 Å². The van der Waals surface area contributed by atoms with Crippen molar-refractivity contribution in [2.24, 2.45) is 0 Å². The molecule has 1 fully saturated rings. The van der Waals surface area contributed by atoms with Crippen LogP contribution < -0.4 is 9.47 Å². The second kappa shape index (κ2) is 14.3. The van der Waals surface area contributed by atoms with Crippen molar-refractivity contribution in [2.75, 3.05) is 40.4 Å². The first-order chi connectivity index (χ1) is 20.3. The SMILES string of the molecule is CCCN(CC(=O)N(Cc1ccc(OC)cc1)C1CCN(C(=O)c2cccc(OC)c2)CC1)S(=O)(=O)c1ccccc1. The van der Waals surface area contributed by atoms with Crippen molar-refractivity contribution in [1.29, 1.82) is 0 Å². The molecule has 3 aromatic rings. The summed E-state index contributed by atoms with van der Waals surface area (Å²) in [4.78, 5) is 30.9. The van der Waals surface area contributed by atoms with Crippen LogP contribution in [0.1, 0.15) is 42.1 Å². The Kier molecular flexibility index (Phi) is 10.6. The van der Waals surface area contributed by atoms with Crippen LogP contribution in [0.2, 0.25) is 0 Å². The van der Waals surface area contributed by atoms with E-state index in [1.807, 2.05) is 31.2 Å². The summed E-state index contributed by atoms with van der Waals surface area (Å²) in [6.07, 6.45) is 1.73. The summed E-state index contributed by atoms with van der Waals surface area (Å²) in [6, 6.07) is 22.6. The Labute approximate surface area is 248 Å². The van der Waals surface area contributed by atoms with Gasteiger partial charge in [0.1, 0.15) is 11.5 Å². The Morgan fingerprint density at radius 2 is 1.55 bits per heavy atom. The molecule has 0 aliphatic carbocycles. The average molecular weight is 594 g/mol. The number of carbonyl (C=O) groups excluding carboxylic acids is 2. The van der Waals surface area contributed by atoms with E-state index in [2.05, 4.69) is 0 Å². The molecular formula is C32H39N3O6S. The predicted molar refractivity (Wildman–Crippen MR) is 161 cm³/mol. The lowest BCUT2D eigenvalue weighted by atomic mass is 10.0. The van der Waals surface area contributed by atoms with Gasteiger partial charge in [-0.05, 0) is 67.3 Å². The van der Waals surface area contributed by atoms with Gasteiger partial charge in [-0.3, -0.25) is 9.59 Å². The van der Waals surface area contributed by atoms with Gasteiger partial charge in [-0.2, -0.15) is 4.31 Å². The molecule has 4 rings (SSSR count). The summed E-state index contributed by atoms with van der Waals surface area (Å²) in [6.45, 7) is 3.14. The molecule has 1 heterocycles. The second-order valence-electron chi connectivity index (χ2n) is 10.3. The molecule has 1 saturated heterocycles. The number of likely N-dealkylation sites (tertiary alicyclic amines) is 1. The van der Waals surface area contributed by atoms with Crippen LogP contribution in [0.4, 0.5) is 0 Å². The van der Waals surface area contributed by atoms with Crippen LogP contribution in [0.25, 0.3) is 0 Å². The maximum Gasteiger partial charge on any atom is 0.253 e. The second-order valence-corrected chi connectivity index (χ2v) is 12.2. The molecule has 0 atom stereocenters. The zero-order valence-corrected chi connectivity index (χ0v) is 25.3. The van der Waals surface area contributed by atoms with E-state index >= 15 is 0 Å². The molecule has 3 aromatic carbocycles. The van der Waals surface area contributed by atoms with Gasteiger partial charge in [0.2, 0.25) is 15.9 Å². The smallest absolute Gasteiger partial charge is 0.253 e. The topological polar surface area (TPSA) is 96.5 Å². The van der Waals surface area contributed by atoms with E-state index in [1.54, 1.807) is 78.6 Å². The van der Waals surface area contributed by atoms with Crippen LogP contribution in [0.5, 0.6) is 11.5 Å². The molecule has 10 heteroatoms. The number of amides is 2. The van der Waals surface area contributed by atoms with Crippen LogP contribution in [0, 0.1) is 0 Å². The number of hydrogen-bond donors (Lipinski definition) is 0. The third-order valence-corrected chi connectivity index (χ3v) is 9.37. The summed E-state index contributed by atoms with van der Waals surface area (Å²) in [5.41, 5.74) is 1.47. The van der Waals surface area contributed by atoms with E-state index in [4.69, 9.17) is 9.47 Å². The zero-order valence-electron chi connectivity index (χ0n) is 24.4. The largest absolute Gasteiger partial charge is 0.497 e. The van der Waals surface area contributed by atoms with E-state index in [1.165, 1.54) is 4.31 Å². The van der Waals surface area contributed by atoms with Gasteiger partial charge in [-0.25, -0.2) is 8.42 Å². The summed E-state index contributed by atoms with van der Waals surface area (Å²) in [5, 5.41) is 0. The highest BCUT2D eigenvalue weighted by Gasteiger charge is 2.33. The number of nitrogens with zero attached hydrogens (tertiary/aromatic N) is 3. The Morgan fingerprint density at radius 3 is 2.17 bits per heavy atom. The summed E-state index contributed by atoms with van der Waals surface area (Å²) >= 11 is 0. The van der Waals surface area contributed by atoms with Crippen LogP contribution in [0.15, 0.2) is 83.8 Å². The highest BCUT2D eigenvalue weighted by atomic mass is 32.2. The van der Waals surface area contributed by atoms with E-state index in [0.29, 0.717) is 56.0 Å².